The number of carbonyl (C=O) groups is 1. The van der Waals surface area contributed by atoms with Crippen molar-refractivity contribution >= 4 is 5.97 Å². The van der Waals surface area contributed by atoms with E-state index in [0.717, 1.165) is 19.4 Å². The SMILES string of the molecule is CC(C)CCN(C)C1CCC(N)(C(=O)O)C1. The zero-order valence-corrected chi connectivity index (χ0v) is 10.6. The minimum Gasteiger partial charge on any atom is -0.480 e. The van der Waals surface area contributed by atoms with Crippen LogP contribution < -0.4 is 5.73 Å². The first kappa shape index (κ1) is 13.5. The van der Waals surface area contributed by atoms with Gasteiger partial charge in [0.1, 0.15) is 5.54 Å². The van der Waals surface area contributed by atoms with Crippen molar-refractivity contribution in [2.75, 3.05) is 13.6 Å². The van der Waals surface area contributed by atoms with Crippen molar-refractivity contribution in [2.45, 2.75) is 51.1 Å². The molecule has 0 aromatic carbocycles. The summed E-state index contributed by atoms with van der Waals surface area (Å²) in [6.07, 6.45) is 3.23. The van der Waals surface area contributed by atoms with Crippen LogP contribution in [-0.4, -0.2) is 41.1 Å². The summed E-state index contributed by atoms with van der Waals surface area (Å²) in [5.41, 5.74) is 4.87. The maximum absolute atomic E-state index is 11.0. The van der Waals surface area contributed by atoms with Crippen LogP contribution in [-0.2, 0) is 4.79 Å². The molecule has 2 atom stereocenters. The average Bonchev–Trinajstić information content (AvgIpc) is 2.59. The Morgan fingerprint density at radius 2 is 2.25 bits per heavy atom. The van der Waals surface area contributed by atoms with Gasteiger partial charge in [-0.1, -0.05) is 13.8 Å². The molecule has 1 aliphatic rings. The summed E-state index contributed by atoms with van der Waals surface area (Å²) >= 11 is 0. The highest BCUT2D eigenvalue weighted by atomic mass is 16.4. The molecular formula is C12H24N2O2. The van der Waals surface area contributed by atoms with Crippen molar-refractivity contribution in [3.63, 3.8) is 0 Å². The third-order valence-electron chi connectivity index (χ3n) is 3.63. The summed E-state index contributed by atoms with van der Waals surface area (Å²) in [6, 6.07) is 0.333. The van der Waals surface area contributed by atoms with Crippen LogP contribution in [0.3, 0.4) is 0 Å². The van der Waals surface area contributed by atoms with Crippen LogP contribution in [0.5, 0.6) is 0 Å². The summed E-state index contributed by atoms with van der Waals surface area (Å²) in [5, 5.41) is 9.05. The minimum atomic E-state index is -0.989. The van der Waals surface area contributed by atoms with E-state index < -0.39 is 11.5 Å². The summed E-state index contributed by atoms with van der Waals surface area (Å²) in [4.78, 5) is 13.3. The van der Waals surface area contributed by atoms with Gasteiger partial charge in [0.15, 0.2) is 0 Å². The first-order chi connectivity index (χ1) is 7.35. The summed E-state index contributed by atoms with van der Waals surface area (Å²) in [7, 11) is 2.07. The lowest BCUT2D eigenvalue weighted by molar-refractivity contribution is -0.143. The number of nitrogens with two attached hydrogens (primary N) is 1. The van der Waals surface area contributed by atoms with Crippen molar-refractivity contribution in [3.8, 4) is 0 Å². The first-order valence-electron chi connectivity index (χ1n) is 6.07. The van der Waals surface area contributed by atoms with E-state index in [-0.39, 0.29) is 0 Å². The van der Waals surface area contributed by atoms with E-state index in [4.69, 9.17) is 10.8 Å². The van der Waals surface area contributed by atoms with Gasteiger partial charge in [-0.05, 0) is 45.2 Å². The number of carboxylic acid groups (broad SMARTS) is 1. The molecule has 2 unspecified atom stereocenters. The first-order valence-corrected chi connectivity index (χ1v) is 6.07. The second kappa shape index (κ2) is 5.15. The minimum absolute atomic E-state index is 0.333. The normalized spacial score (nSPS) is 30.2. The van der Waals surface area contributed by atoms with Crippen molar-refractivity contribution in [1.82, 2.24) is 4.90 Å². The molecule has 1 rings (SSSR count). The Kier molecular flexibility index (Phi) is 4.33. The third-order valence-corrected chi connectivity index (χ3v) is 3.63. The van der Waals surface area contributed by atoms with E-state index >= 15 is 0 Å². The van der Waals surface area contributed by atoms with Crippen LogP contribution in [0.15, 0.2) is 0 Å². The lowest BCUT2D eigenvalue weighted by atomic mass is 9.99. The maximum atomic E-state index is 11.0. The molecule has 0 amide bonds. The van der Waals surface area contributed by atoms with Crippen LogP contribution in [0, 0.1) is 5.92 Å². The second-order valence-corrected chi connectivity index (χ2v) is 5.52. The van der Waals surface area contributed by atoms with E-state index in [1.54, 1.807) is 0 Å². The van der Waals surface area contributed by atoms with Gasteiger partial charge in [-0.2, -0.15) is 0 Å². The smallest absolute Gasteiger partial charge is 0.323 e. The van der Waals surface area contributed by atoms with Crippen LogP contribution >= 0.6 is 0 Å². The Bertz CT molecular complexity index is 255. The highest BCUT2D eigenvalue weighted by Crippen LogP contribution is 2.31. The van der Waals surface area contributed by atoms with E-state index in [1.165, 1.54) is 0 Å². The van der Waals surface area contributed by atoms with Crippen LogP contribution in [0.25, 0.3) is 0 Å². The molecule has 0 aromatic heterocycles. The van der Waals surface area contributed by atoms with Gasteiger partial charge in [-0.25, -0.2) is 0 Å². The molecule has 4 nitrogen and oxygen atoms in total. The summed E-state index contributed by atoms with van der Waals surface area (Å²) in [6.45, 7) is 5.43. The van der Waals surface area contributed by atoms with E-state index in [0.29, 0.717) is 24.8 Å². The molecule has 0 spiro atoms. The van der Waals surface area contributed by atoms with Crippen molar-refractivity contribution < 1.29 is 9.90 Å². The molecule has 0 saturated heterocycles. The van der Waals surface area contributed by atoms with E-state index in [1.807, 2.05) is 0 Å². The Morgan fingerprint density at radius 1 is 1.62 bits per heavy atom. The fraction of sp³-hybridized carbons (Fsp3) is 0.917. The van der Waals surface area contributed by atoms with Gasteiger partial charge in [-0.3, -0.25) is 4.79 Å². The number of nitrogens with zero attached hydrogens (tertiary/aromatic N) is 1. The van der Waals surface area contributed by atoms with Crippen LogP contribution in [0.1, 0.15) is 39.5 Å². The second-order valence-electron chi connectivity index (χ2n) is 5.52. The number of hydrogen-bond donors (Lipinski definition) is 2. The predicted octanol–water partition coefficient (Wildman–Crippen LogP) is 1.30. The molecule has 0 bridgehead atoms. The number of carboxylic acids is 1. The fourth-order valence-corrected chi connectivity index (χ4v) is 2.26. The zero-order valence-electron chi connectivity index (χ0n) is 10.6. The van der Waals surface area contributed by atoms with Crippen molar-refractivity contribution in [2.24, 2.45) is 11.7 Å². The van der Waals surface area contributed by atoms with Crippen molar-refractivity contribution in [3.05, 3.63) is 0 Å². The predicted molar refractivity (Wildman–Crippen MR) is 64.3 cm³/mol. The van der Waals surface area contributed by atoms with Crippen LogP contribution in [0.2, 0.25) is 0 Å². The van der Waals surface area contributed by atoms with E-state index in [9.17, 15) is 4.79 Å². The molecular weight excluding hydrogens is 204 g/mol. The Morgan fingerprint density at radius 3 is 2.69 bits per heavy atom. The Labute approximate surface area is 97.8 Å². The average molecular weight is 228 g/mol. The fourth-order valence-electron chi connectivity index (χ4n) is 2.26. The highest BCUT2D eigenvalue weighted by molar-refractivity contribution is 5.79. The maximum Gasteiger partial charge on any atom is 0.323 e. The van der Waals surface area contributed by atoms with Gasteiger partial charge in [0.25, 0.3) is 0 Å². The molecule has 4 heteroatoms. The quantitative estimate of drug-likeness (QED) is 0.744. The summed E-state index contributed by atoms with van der Waals surface area (Å²) < 4.78 is 0. The number of rotatable bonds is 5. The highest BCUT2D eigenvalue weighted by Gasteiger charge is 2.43. The van der Waals surface area contributed by atoms with Crippen molar-refractivity contribution in [1.29, 1.82) is 0 Å². The molecule has 3 N–H and O–H groups in total. The van der Waals surface area contributed by atoms with Crippen LogP contribution in [0.4, 0.5) is 0 Å². The van der Waals surface area contributed by atoms with Gasteiger partial charge in [0.05, 0.1) is 0 Å². The van der Waals surface area contributed by atoms with E-state index in [2.05, 4.69) is 25.8 Å². The molecule has 0 heterocycles. The topological polar surface area (TPSA) is 66.6 Å². The monoisotopic (exact) mass is 228 g/mol. The molecule has 1 aliphatic carbocycles. The summed E-state index contributed by atoms with van der Waals surface area (Å²) in [5.74, 6) is -0.168. The van der Waals surface area contributed by atoms with Gasteiger partial charge in [0, 0.05) is 6.04 Å². The number of hydrogen-bond acceptors (Lipinski definition) is 3. The Hall–Kier alpha value is -0.610. The van der Waals surface area contributed by atoms with Gasteiger partial charge in [-0.15, -0.1) is 0 Å². The largest absolute Gasteiger partial charge is 0.480 e. The molecule has 0 aliphatic heterocycles. The molecule has 1 saturated carbocycles. The molecule has 1 fully saturated rings. The standard InChI is InChI=1S/C12H24N2O2/c1-9(2)5-7-14(3)10-4-6-12(13,8-10)11(15)16/h9-10H,4-8,13H2,1-3H3,(H,15,16). The zero-order chi connectivity index (χ0) is 12.3. The van der Waals surface area contributed by atoms with Gasteiger partial charge >= 0.3 is 5.97 Å². The number of aliphatic carboxylic acids is 1. The third kappa shape index (κ3) is 3.19. The van der Waals surface area contributed by atoms with Gasteiger partial charge < -0.3 is 15.7 Å². The molecule has 16 heavy (non-hydrogen) atoms. The van der Waals surface area contributed by atoms with Gasteiger partial charge in [0.2, 0.25) is 0 Å². The molecule has 94 valence electrons. The molecule has 0 radical (unpaired) electrons. The lowest BCUT2D eigenvalue weighted by Crippen LogP contribution is -2.47. The Balaban J connectivity index is 2.43. The lowest BCUT2D eigenvalue weighted by Gasteiger charge is -2.26. The molecule has 0 aromatic rings.